The lowest BCUT2D eigenvalue weighted by Gasteiger charge is -2.35. The molecule has 33 heavy (non-hydrogen) atoms. The van der Waals surface area contributed by atoms with Crippen LogP contribution in [0.4, 0.5) is 4.39 Å². The minimum atomic E-state index is -0.525. The van der Waals surface area contributed by atoms with Crippen molar-refractivity contribution >= 4 is 0 Å². The van der Waals surface area contributed by atoms with Crippen molar-refractivity contribution in [1.29, 1.82) is 0 Å². The van der Waals surface area contributed by atoms with Gasteiger partial charge in [-0.25, -0.2) is 4.39 Å². The molecular weight excluding hydrogens is 421 g/mol. The topological polar surface area (TPSA) is 67.6 Å². The lowest BCUT2D eigenvalue weighted by Crippen LogP contribution is -2.41. The molecule has 7 heteroatoms. The van der Waals surface area contributed by atoms with Gasteiger partial charge in [-0.2, -0.15) is 0 Å². The van der Waals surface area contributed by atoms with Crippen molar-refractivity contribution in [2.45, 2.75) is 51.5 Å². The van der Waals surface area contributed by atoms with E-state index in [4.69, 9.17) is 4.74 Å². The van der Waals surface area contributed by atoms with Crippen molar-refractivity contribution in [3.63, 3.8) is 0 Å². The number of aryl methyl sites for hydroxylation is 2. The molecule has 6 nitrogen and oxygen atoms in total. The first-order valence-electron chi connectivity index (χ1n) is 11.3. The van der Waals surface area contributed by atoms with Gasteiger partial charge in [-0.3, -0.25) is 14.7 Å². The number of hydrogen-bond donors (Lipinski definition) is 1. The van der Waals surface area contributed by atoms with Crippen LogP contribution < -0.4 is 10.3 Å². The number of aromatic nitrogens is 2. The van der Waals surface area contributed by atoms with Gasteiger partial charge in [0.25, 0.3) is 5.56 Å². The summed E-state index contributed by atoms with van der Waals surface area (Å²) in [5, 5.41) is 10.1. The van der Waals surface area contributed by atoms with Crippen molar-refractivity contribution in [3.8, 4) is 5.75 Å². The van der Waals surface area contributed by atoms with Gasteiger partial charge in [-0.1, -0.05) is 24.3 Å². The fraction of sp³-hybridized carbons (Fsp3) is 0.385. The molecule has 1 N–H and O–H groups in total. The zero-order chi connectivity index (χ0) is 23.3. The van der Waals surface area contributed by atoms with Crippen LogP contribution in [0.1, 0.15) is 36.6 Å². The first-order valence-corrected chi connectivity index (χ1v) is 11.3. The summed E-state index contributed by atoms with van der Waals surface area (Å²) in [6, 6.07) is 14.6. The van der Waals surface area contributed by atoms with Gasteiger partial charge >= 0.3 is 0 Å². The lowest BCUT2D eigenvalue weighted by atomic mass is 9.93. The van der Waals surface area contributed by atoms with Crippen LogP contribution in [0.5, 0.6) is 5.75 Å². The fourth-order valence-corrected chi connectivity index (χ4v) is 3.93. The summed E-state index contributed by atoms with van der Waals surface area (Å²) in [7, 11) is 0. The third-order valence-corrected chi connectivity index (χ3v) is 6.15. The van der Waals surface area contributed by atoms with Gasteiger partial charge in [0.2, 0.25) is 0 Å². The maximum atomic E-state index is 12.9. The minimum Gasteiger partial charge on any atom is -0.487 e. The summed E-state index contributed by atoms with van der Waals surface area (Å²) in [6.45, 7) is 5.39. The molecule has 0 atom stereocenters. The van der Waals surface area contributed by atoms with Crippen LogP contribution in [-0.4, -0.2) is 38.2 Å². The minimum absolute atomic E-state index is 0.128. The molecule has 3 heterocycles. The first kappa shape index (κ1) is 23.1. The highest BCUT2D eigenvalue weighted by molar-refractivity contribution is 5.23. The van der Waals surface area contributed by atoms with Crippen LogP contribution in [0.15, 0.2) is 65.7 Å². The molecule has 0 unspecified atom stereocenters. The Morgan fingerprint density at radius 3 is 2.48 bits per heavy atom. The lowest BCUT2D eigenvalue weighted by molar-refractivity contribution is -0.00730. The molecule has 0 saturated carbocycles. The molecule has 4 rings (SSSR count). The Balaban J connectivity index is 1.26. The summed E-state index contributed by atoms with van der Waals surface area (Å²) in [5.74, 6) is 0.0686. The van der Waals surface area contributed by atoms with E-state index < -0.39 is 11.4 Å². The second-order valence-electron chi connectivity index (χ2n) is 8.99. The van der Waals surface area contributed by atoms with Gasteiger partial charge in [0, 0.05) is 38.4 Å². The van der Waals surface area contributed by atoms with E-state index in [2.05, 4.69) is 34.1 Å². The van der Waals surface area contributed by atoms with E-state index in [-0.39, 0.29) is 12.2 Å². The largest absolute Gasteiger partial charge is 0.487 e. The molecule has 0 amide bonds. The molecule has 0 radical (unpaired) electrons. The summed E-state index contributed by atoms with van der Waals surface area (Å²) in [4.78, 5) is 18.8. The molecular formula is C26H30FN3O3. The maximum absolute atomic E-state index is 12.9. The van der Waals surface area contributed by atoms with Gasteiger partial charge in [0.15, 0.2) is 0 Å². The highest BCUT2D eigenvalue weighted by atomic mass is 19.1. The molecule has 1 aliphatic heterocycles. The number of benzene rings is 1. The molecule has 1 fully saturated rings. The van der Waals surface area contributed by atoms with Crippen LogP contribution in [-0.2, 0) is 26.1 Å². The van der Waals surface area contributed by atoms with E-state index in [1.54, 1.807) is 22.9 Å². The third-order valence-electron chi connectivity index (χ3n) is 6.15. The van der Waals surface area contributed by atoms with E-state index in [9.17, 15) is 14.3 Å². The van der Waals surface area contributed by atoms with Crippen molar-refractivity contribution in [2.75, 3.05) is 13.1 Å². The molecule has 3 aromatic rings. The van der Waals surface area contributed by atoms with Gasteiger partial charge in [0.05, 0.1) is 17.5 Å². The Morgan fingerprint density at radius 1 is 1.09 bits per heavy atom. The Bertz CT molecular complexity index is 1100. The summed E-state index contributed by atoms with van der Waals surface area (Å²) < 4.78 is 20.2. The number of likely N-dealkylation sites (tertiary alicyclic amines) is 1. The molecule has 2 aromatic heterocycles. The monoisotopic (exact) mass is 451 g/mol. The molecule has 174 valence electrons. The van der Waals surface area contributed by atoms with Crippen LogP contribution in [0.2, 0.25) is 0 Å². The average molecular weight is 452 g/mol. The molecule has 0 bridgehead atoms. The van der Waals surface area contributed by atoms with Crippen molar-refractivity contribution in [1.82, 2.24) is 14.5 Å². The van der Waals surface area contributed by atoms with E-state index >= 15 is 0 Å². The van der Waals surface area contributed by atoms with Crippen LogP contribution >= 0.6 is 0 Å². The van der Waals surface area contributed by atoms with E-state index in [1.165, 1.54) is 23.3 Å². The zero-order valence-electron chi connectivity index (χ0n) is 18.9. The molecule has 1 aromatic carbocycles. The van der Waals surface area contributed by atoms with E-state index in [1.807, 2.05) is 6.92 Å². The van der Waals surface area contributed by atoms with Crippen molar-refractivity contribution in [2.24, 2.45) is 0 Å². The van der Waals surface area contributed by atoms with Crippen LogP contribution in [0.25, 0.3) is 0 Å². The second-order valence-corrected chi connectivity index (χ2v) is 8.99. The first-order chi connectivity index (χ1) is 15.9. The number of rotatable bonds is 8. The number of ether oxygens (including phenoxy) is 1. The van der Waals surface area contributed by atoms with Crippen molar-refractivity contribution < 1.29 is 14.2 Å². The van der Waals surface area contributed by atoms with Gasteiger partial charge in [0.1, 0.15) is 18.2 Å². The number of halogens is 1. The molecule has 0 aliphatic carbocycles. The smallest absolute Gasteiger partial charge is 0.254 e. The fourth-order valence-electron chi connectivity index (χ4n) is 3.93. The van der Waals surface area contributed by atoms with E-state index in [0.29, 0.717) is 18.0 Å². The molecule has 1 aliphatic rings. The predicted octanol–water partition coefficient (Wildman–Crippen LogP) is 3.55. The maximum Gasteiger partial charge on any atom is 0.254 e. The highest BCUT2D eigenvalue weighted by Gasteiger charge is 2.27. The highest BCUT2D eigenvalue weighted by Crippen LogP contribution is 2.22. The van der Waals surface area contributed by atoms with E-state index in [0.717, 1.165) is 45.1 Å². The Morgan fingerprint density at radius 2 is 1.82 bits per heavy atom. The molecule has 0 spiro atoms. The summed E-state index contributed by atoms with van der Waals surface area (Å²) >= 11 is 0. The normalized spacial score (nSPS) is 16.0. The third kappa shape index (κ3) is 6.73. The summed E-state index contributed by atoms with van der Waals surface area (Å²) in [6.07, 6.45) is 5.25. The molecule has 1 saturated heterocycles. The second kappa shape index (κ2) is 10.3. The van der Waals surface area contributed by atoms with Crippen molar-refractivity contribution in [3.05, 3.63) is 93.9 Å². The number of nitrogens with zero attached hydrogens (tertiary/aromatic N) is 3. The Kier molecular flexibility index (Phi) is 7.20. The Labute approximate surface area is 193 Å². The summed E-state index contributed by atoms with van der Waals surface area (Å²) in [5.41, 5.74) is 2.38. The van der Waals surface area contributed by atoms with Crippen LogP contribution in [0, 0.1) is 5.82 Å². The zero-order valence-corrected chi connectivity index (χ0v) is 18.9. The number of pyridine rings is 2. The van der Waals surface area contributed by atoms with Gasteiger partial charge < -0.3 is 14.4 Å². The van der Waals surface area contributed by atoms with Crippen LogP contribution in [0.3, 0.4) is 0 Å². The van der Waals surface area contributed by atoms with Gasteiger partial charge in [-0.15, -0.1) is 0 Å². The predicted molar refractivity (Wildman–Crippen MR) is 125 cm³/mol. The quantitative estimate of drug-likeness (QED) is 0.567. The average Bonchev–Trinajstić information content (AvgIpc) is 2.80. The van der Waals surface area contributed by atoms with Gasteiger partial charge in [-0.05, 0) is 55.5 Å². The number of aliphatic hydroxyl groups is 1. The number of piperidine rings is 1. The standard InChI is InChI=1S/C26H30FN3O3/c1-26(32)10-14-29(15-11-26)18-21-4-2-20(3-5-21)8-12-30-13-9-24(16-25(30)31)33-19-23-7-6-22(27)17-28-23/h2-7,9,13,16-17,32H,8,10-12,14-15,18-19H2,1H3. The number of hydrogen-bond acceptors (Lipinski definition) is 5. The SMILES string of the molecule is CC1(O)CCN(Cc2ccc(CCn3ccc(OCc4ccc(F)cn4)cc3=O)cc2)CC1. The Hall–Kier alpha value is -3.03.